The predicted octanol–water partition coefficient (Wildman–Crippen LogP) is 3.52. The van der Waals surface area contributed by atoms with E-state index >= 15 is 0 Å². The maximum atomic E-state index is 11.9. The zero-order chi connectivity index (χ0) is 11.5. The van der Waals surface area contributed by atoms with Crippen LogP contribution in [0.3, 0.4) is 0 Å². The van der Waals surface area contributed by atoms with Crippen LogP contribution in [-0.4, -0.2) is 12.7 Å². The first-order valence-corrected chi connectivity index (χ1v) is 5.62. The third-order valence-electron chi connectivity index (χ3n) is 2.07. The lowest BCUT2D eigenvalue weighted by Crippen LogP contribution is -2.30. The quantitative estimate of drug-likeness (QED) is 0.844. The van der Waals surface area contributed by atoms with Crippen molar-refractivity contribution >= 4 is 11.3 Å². The van der Waals surface area contributed by atoms with E-state index in [-0.39, 0.29) is 6.04 Å². The Kier molecular flexibility index (Phi) is 4.16. The van der Waals surface area contributed by atoms with E-state index in [4.69, 9.17) is 0 Å². The van der Waals surface area contributed by atoms with Crippen molar-refractivity contribution in [2.45, 2.75) is 32.5 Å². The Balaban J connectivity index is 2.50. The molecule has 1 aromatic heterocycles. The van der Waals surface area contributed by atoms with Crippen molar-refractivity contribution in [1.82, 2.24) is 5.32 Å². The predicted molar refractivity (Wildman–Crippen MR) is 56.2 cm³/mol. The van der Waals surface area contributed by atoms with Crippen LogP contribution in [-0.2, 0) is 6.42 Å². The van der Waals surface area contributed by atoms with E-state index in [1.54, 1.807) is 18.3 Å². The minimum absolute atomic E-state index is 0.239. The van der Waals surface area contributed by atoms with Crippen molar-refractivity contribution < 1.29 is 13.2 Å². The van der Waals surface area contributed by atoms with Gasteiger partial charge in [-0.2, -0.15) is 13.2 Å². The largest absolute Gasteiger partial charge is 0.401 e. The fraction of sp³-hybridized carbons (Fsp3) is 0.600. The van der Waals surface area contributed by atoms with E-state index in [9.17, 15) is 13.2 Å². The summed E-state index contributed by atoms with van der Waals surface area (Å²) in [6.07, 6.45) is -3.21. The van der Waals surface area contributed by atoms with E-state index < -0.39 is 12.7 Å². The van der Waals surface area contributed by atoms with Gasteiger partial charge >= 0.3 is 6.18 Å². The molecule has 5 heteroatoms. The van der Waals surface area contributed by atoms with E-state index in [0.29, 0.717) is 0 Å². The van der Waals surface area contributed by atoms with Crippen LogP contribution in [0.25, 0.3) is 0 Å². The highest BCUT2D eigenvalue weighted by Gasteiger charge is 2.27. The topological polar surface area (TPSA) is 12.0 Å². The second-order valence-electron chi connectivity index (χ2n) is 3.38. The molecule has 0 amide bonds. The molecule has 86 valence electrons. The van der Waals surface area contributed by atoms with Gasteiger partial charge in [0.25, 0.3) is 0 Å². The molecule has 0 spiro atoms. The summed E-state index contributed by atoms with van der Waals surface area (Å²) in [5.41, 5.74) is 0. The average Bonchev–Trinajstić information content (AvgIpc) is 2.61. The van der Waals surface area contributed by atoms with Crippen molar-refractivity contribution in [3.63, 3.8) is 0 Å². The number of rotatable bonds is 4. The van der Waals surface area contributed by atoms with Gasteiger partial charge in [0.05, 0.1) is 6.54 Å². The number of hydrogen-bond acceptors (Lipinski definition) is 2. The summed E-state index contributed by atoms with van der Waals surface area (Å²) in [5, 5.41) is 2.46. The Morgan fingerprint density at radius 2 is 2.07 bits per heavy atom. The summed E-state index contributed by atoms with van der Waals surface area (Å²) in [6.45, 7) is 2.84. The highest BCUT2D eigenvalue weighted by Crippen LogP contribution is 2.24. The Bertz CT molecular complexity index is 306. The molecule has 15 heavy (non-hydrogen) atoms. The molecule has 1 N–H and O–H groups in total. The van der Waals surface area contributed by atoms with Crippen LogP contribution >= 0.6 is 11.3 Å². The number of aryl methyl sites for hydroxylation is 1. The van der Waals surface area contributed by atoms with Gasteiger partial charge in [-0.05, 0) is 25.5 Å². The molecule has 1 nitrogen and oxygen atoms in total. The molecular formula is C10H14F3NS. The first-order chi connectivity index (χ1) is 6.92. The summed E-state index contributed by atoms with van der Waals surface area (Å²) >= 11 is 1.56. The highest BCUT2D eigenvalue weighted by molar-refractivity contribution is 7.12. The van der Waals surface area contributed by atoms with Gasteiger partial charge in [-0.25, -0.2) is 0 Å². The average molecular weight is 237 g/mol. The van der Waals surface area contributed by atoms with Crippen LogP contribution in [0.2, 0.25) is 0 Å². The minimum atomic E-state index is -4.14. The molecule has 0 saturated heterocycles. The van der Waals surface area contributed by atoms with Crippen molar-refractivity contribution in [3.8, 4) is 0 Å². The van der Waals surface area contributed by atoms with Crippen molar-refractivity contribution in [3.05, 3.63) is 21.9 Å². The van der Waals surface area contributed by atoms with Crippen LogP contribution in [0, 0.1) is 0 Å². The van der Waals surface area contributed by atoms with Crippen LogP contribution < -0.4 is 5.32 Å². The summed E-state index contributed by atoms with van der Waals surface area (Å²) in [5.74, 6) is 0. The molecule has 1 rings (SSSR count). The molecule has 0 aromatic carbocycles. The molecule has 0 fully saturated rings. The highest BCUT2D eigenvalue weighted by atomic mass is 32.1. The van der Waals surface area contributed by atoms with E-state index in [1.165, 1.54) is 4.88 Å². The Morgan fingerprint density at radius 3 is 2.53 bits per heavy atom. The second-order valence-corrected chi connectivity index (χ2v) is 4.58. The molecule has 0 aliphatic heterocycles. The van der Waals surface area contributed by atoms with Gasteiger partial charge in [0.1, 0.15) is 0 Å². The molecular weight excluding hydrogens is 223 g/mol. The molecule has 0 radical (unpaired) electrons. The zero-order valence-corrected chi connectivity index (χ0v) is 9.50. The fourth-order valence-electron chi connectivity index (χ4n) is 1.19. The SMILES string of the molecule is CCc1ccc(C(C)NCC(F)(F)F)s1. The van der Waals surface area contributed by atoms with Gasteiger partial charge in [-0.3, -0.25) is 0 Å². The summed E-state index contributed by atoms with van der Waals surface area (Å²) < 4.78 is 35.8. The van der Waals surface area contributed by atoms with E-state index in [1.807, 2.05) is 19.1 Å². The van der Waals surface area contributed by atoms with Gasteiger partial charge < -0.3 is 5.32 Å². The molecule has 0 bridgehead atoms. The molecule has 1 unspecified atom stereocenters. The van der Waals surface area contributed by atoms with Crippen molar-refractivity contribution in [1.29, 1.82) is 0 Å². The second kappa shape index (κ2) is 4.99. The Morgan fingerprint density at radius 1 is 1.40 bits per heavy atom. The fourth-order valence-corrected chi connectivity index (χ4v) is 2.17. The molecule has 1 aromatic rings. The number of alkyl halides is 3. The van der Waals surface area contributed by atoms with Gasteiger partial charge in [0, 0.05) is 15.8 Å². The van der Waals surface area contributed by atoms with Gasteiger partial charge in [0.2, 0.25) is 0 Å². The van der Waals surface area contributed by atoms with Gasteiger partial charge in [-0.1, -0.05) is 6.92 Å². The van der Waals surface area contributed by atoms with E-state index in [2.05, 4.69) is 5.32 Å². The lowest BCUT2D eigenvalue weighted by Gasteiger charge is -2.13. The Labute approximate surface area is 91.3 Å². The number of halogens is 3. The third-order valence-corrected chi connectivity index (χ3v) is 3.48. The Hall–Kier alpha value is -0.550. The molecule has 0 aliphatic carbocycles. The molecule has 0 aliphatic rings. The summed E-state index contributed by atoms with van der Waals surface area (Å²) in [4.78, 5) is 2.15. The molecule has 1 atom stereocenters. The maximum Gasteiger partial charge on any atom is 0.401 e. The third kappa shape index (κ3) is 4.22. The summed E-state index contributed by atoms with van der Waals surface area (Å²) in [7, 11) is 0. The monoisotopic (exact) mass is 237 g/mol. The molecule has 1 heterocycles. The molecule has 0 saturated carbocycles. The van der Waals surface area contributed by atoms with Crippen LogP contribution in [0.15, 0.2) is 12.1 Å². The smallest absolute Gasteiger partial charge is 0.301 e. The lowest BCUT2D eigenvalue weighted by atomic mass is 10.2. The maximum absolute atomic E-state index is 11.9. The lowest BCUT2D eigenvalue weighted by molar-refractivity contribution is -0.126. The standard InChI is InChI=1S/C10H14F3NS/c1-3-8-4-5-9(15-8)7(2)14-6-10(11,12)13/h4-5,7,14H,3,6H2,1-2H3. The van der Waals surface area contributed by atoms with Gasteiger partial charge in [0.15, 0.2) is 0 Å². The van der Waals surface area contributed by atoms with E-state index in [0.717, 1.165) is 11.3 Å². The van der Waals surface area contributed by atoms with Crippen LogP contribution in [0.1, 0.15) is 29.6 Å². The number of thiophene rings is 1. The zero-order valence-electron chi connectivity index (χ0n) is 8.69. The normalized spacial score (nSPS) is 14.2. The first-order valence-electron chi connectivity index (χ1n) is 4.81. The first kappa shape index (κ1) is 12.5. The minimum Gasteiger partial charge on any atom is -0.301 e. The van der Waals surface area contributed by atoms with Crippen LogP contribution in [0.5, 0.6) is 0 Å². The van der Waals surface area contributed by atoms with Crippen molar-refractivity contribution in [2.24, 2.45) is 0 Å². The number of nitrogens with one attached hydrogen (secondary N) is 1. The van der Waals surface area contributed by atoms with Crippen molar-refractivity contribution in [2.75, 3.05) is 6.54 Å². The van der Waals surface area contributed by atoms with Crippen LogP contribution in [0.4, 0.5) is 13.2 Å². The number of hydrogen-bond donors (Lipinski definition) is 1. The van der Waals surface area contributed by atoms with Gasteiger partial charge in [-0.15, -0.1) is 11.3 Å². The summed E-state index contributed by atoms with van der Waals surface area (Å²) in [6, 6.07) is 3.61.